The average Bonchev–Trinajstić information content (AvgIpc) is 2.75. The van der Waals surface area contributed by atoms with Gasteiger partial charge in [-0.3, -0.25) is 14.9 Å². The highest BCUT2D eigenvalue weighted by Crippen LogP contribution is 2.21. The molecule has 2 N–H and O–H groups in total. The number of carbonyl (C=O) groups is 2. The van der Waals surface area contributed by atoms with Crippen molar-refractivity contribution in [2.45, 2.75) is 20.4 Å². The Hall–Kier alpha value is -2.62. The second-order valence-corrected chi connectivity index (χ2v) is 5.33. The van der Waals surface area contributed by atoms with Gasteiger partial charge in [0, 0.05) is 12.2 Å². The van der Waals surface area contributed by atoms with Gasteiger partial charge in [0.2, 0.25) is 0 Å². The fourth-order valence-corrected chi connectivity index (χ4v) is 2.47. The minimum Gasteiger partial charge on any atom is -0.381 e. The number of hydrogen-bond donors (Lipinski definition) is 2. The van der Waals surface area contributed by atoms with Crippen molar-refractivity contribution >= 4 is 17.5 Å². The van der Waals surface area contributed by atoms with E-state index in [0.29, 0.717) is 17.7 Å². The third-order valence-corrected chi connectivity index (χ3v) is 3.72. The molecule has 0 fully saturated rings. The Labute approximate surface area is 123 Å². The Bertz CT molecular complexity index is 750. The summed E-state index contributed by atoms with van der Waals surface area (Å²) in [6.07, 6.45) is 0. The summed E-state index contributed by atoms with van der Waals surface area (Å²) in [5.41, 5.74) is 5.37. The van der Waals surface area contributed by atoms with Gasteiger partial charge >= 0.3 is 0 Å². The molecule has 1 aliphatic rings. The van der Waals surface area contributed by atoms with Gasteiger partial charge in [-0.25, -0.2) is 0 Å². The van der Waals surface area contributed by atoms with E-state index in [1.807, 2.05) is 6.07 Å². The van der Waals surface area contributed by atoms with Gasteiger partial charge in [0.15, 0.2) is 0 Å². The molecule has 0 radical (unpaired) electrons. The first-order valence-corrected chi connectivity index (χ1v) is 6.84. The van der Waals surface area contributed by atoms with Crippen LogP contribution in [0.25, 0.3) is 0 Å². The predicted octanol–water partition coefficient (Wildman–Crippen LogP) is 2.80. The zero-order chi connectivity index (χ0) is 15.0. The molecular formula is C17H16N2O2. The first kappa shape index (κ1) is 13.4. The summed E-state index contributed by atoms with van der Waals surface area (Å²) < 4.78 is 0. The molecule has 0 bridgehead atoms. The van der Waals surface area contributed by atoms with Crippen LogP contribution in [0.3, 0.4) is 0 Å². The SMILES string of the molecule is Cc1ccc(C)c(CNc2ccc3c(c2)C(=O)NC3=O)c1. The third kappa shape index (κ3) is 2.52. The minimum atomic E-state index is -0.328. The summed E-state index contributed by atoms with van der Waals surface area (Å²) in [5.74, 6) is -0.651. The topological polar surface area (TPSA) is 58.2 Å². The Morgan fingerprint density at radius 1 is 0.952 bits per heavy atom. The standard InChI is InChI=1S/C17H16N2O2/c1-10-3-4-11(2)12(7-10)9-18-13-5-6-14-15(8-13)17(21)19-16(14)20/h3-8,18H,9H2,1-2H3,(H,19,20,21). The van der Waals surface area contributed by atoms with Crippen LogP contribution < -0.4 is 10.6 Å². The molecule has 0 saturated carbocycles. The number of rotatable bonds is 3. The van der Waals surface area contributed by atoms with Crippen molar-refractivity contribution in [2.24, 2.45) is 0 Å². The van der Waals surface area contributed by atoms with E-state index >= 15 is 0 Å². The molecule has 1 heterocycles. The quantitative estimate of drug-likeness (QED) is 0.850. The fourth-order valence-electron chi connectivity index (χ4n) is 2.47. The number of hydrogen-bond acceptors (Lipinski definition) is 3. The molecule has 0 unspecified atom stereocenters. The van der Waals surface area contributed by atoms with E-state index in [9.17, 15) is 9.59 Å². The van der Waals surface area contributed by atoms with Gasteiger partial charge in [-0.1, -0.05) is 23.8 Å². The highest BCUT2D eigenvalue weighted by molar-refractivity contribution is 6.21. The molecule has 106 valence electrons. The molecule has 0 aliphatic carbocycles. The molecule has 4 nitrogen and oxygen atoms in total. The Morgan fingerprint density at radius 3 is 2.52 bits per heavy atom. The van der Waals surface area contributed by atoms with E-state index in [4.69, 9.17) is 0 Å². The van der Waals surface area contributed by atoms with Crippen LogP contribution in [0.1, 0.15) is 37.4 Å². The first-order valence-electron chi connectivity index (χ1n) is 6.84. The molecule has 0 atom stereocenters. The fraction of sp³-hybridized carbons (Fsp3) is 0.176. The number of amides is 2. The lowest BCUT2D eigenvalue weighted by Crippen LogP contribution is -2.19. The van der Waals surface area contributed by atoms with Gasteiger partial charge in [-0.15, -0.1) is 0 Å². The highest BCUT2D eigenvalue weighted by atomic mass is 16.2. The molecule has 1 aliphatic heterocycles. The molecule has 2 amide bonds. The Morgan fingerprint density at radius 2 is 1.71 bits per heavy atom. The number of anilines is 1. The monoisotopic (exact) mass is 280 g/mol. The summed E-state index contributed by atoms with van der Waals surface area (Å²) in [4.78, 5) is 23.1. The predicted molar refractivity (Wildman–Crippen MR) is 81.5 cm³/mol. The first-order chi connectivity index (χ1) is 10.0. The third-order valence-electron chi connectivity index (χ3n) is 3.72. The lowest BCUT2D eigenvalue weighted by molar-refractivity contribution is 0.0879. The van der Waals surface area contributed by atoms with Crippen molar-refractivity contribution in [3.05, 3.63) is 64.2 Å². The number of benzene rings is 2. The maximum absolute atomic E-state index is 11.6. The van der Waals surface area contributed by atoms with Gasteiger partial charge in [0.1, 0.15) is 0 Å². The van der Waals surface area contributed by atoms with Crippen molar-refractivity contribution in [2.75, 3.05) is 5.32 Å². The zero-order valence-electron chi connectivity index (χ0n) is 12.0. The molecular weight excluding hydrogens is 264 g/mol. The van der Waals surface area contributed by atoms with Crippen molar-refractivity contribution in [1.82, 2.24) is 5.32 Å². The van der Waals surface area contributed by atoms with Crippen molar-refractivity contribution < 1.29 is 9.59 Å². The molecule has 2 aromatic rings. The van der Waals surface area contributed by atoms with E-state index in [0.717, 1.165) is 5.69 Å². The van der Waals surface area contributed by atoms with E-state index < -0.39 is 0 Å². The minimum absolute atomic E-state index is 0.323. The number of imide groups is 1. The summed E-state index contributed by atoms with van der Waals surface area (Å²) in [7, 11) is 0. The molecule has 3 rings (SSSR count). The largest absolute Gasteiger partial charge is 0.381 e. The van der Waals surface area contributed by atoms with Crippen LogP contribution >= 0.6 is 0 Å². The van der Waals surface area contributed by atoms with Crippen LogP contribution in [0.5, 0.6) is 0 Å². The molecule has 0 aromatic heterocycles. The highest BCUT2D eigenvalue weighted by Gasteiger charge is 2.26. The van der Waals surface area contributed by atoms with Crippen LogP contribution in [0.4, 0.5) is 5.69 Å². The van der Waals surface area contributed by atoms with Crippen molar-refractivity contribution in [3.8, 4) is 0 Å². The van der Waals surface area contributed by atoms with E-state index in [2.05, 4.69) is 42.7 Å². The van der Waals surface area contributed by atoms with Crippen LogP contribution in [0, 0.1) is 13.8 Å². The summed E-state index contributed by atoms with van der Waals surface area (Å²) in [6.45, 7) is 4.82. The lowest BCUT2D eigenvalue weighted by Gasteiger charge is -2.10. The maximum Gasteiger partial charge on any atom is 0.259 e. The number of nitrogens with one attached hydrogen (secondary N) is 2. The molecule has 2 aromatic carbocycles. The van der Waals surface area contributed by atoms with Crippen LogP contribution in [0.15, 0.2) is 36.4 Å². The Balaban J connectivity index is 1.80. The summed E-state index contributed by atoms with van der Waals surface area (Å²) in [6, 6.07) is 11.6. The lowest BCUT2D eigenvalue weighted by atomic mass is 10.1. The normalized spacial score (nSPS) is 13.0. The van der Waals surface area contributed by atoms with Crippen LogP contribution in [0.2, 0.25) is 0 Å². The van der Waals surface area contributed by atoms with Gasteiger partial charge < -0.3 is 5.32 Å². The van der Waals surface area contributed by atoms with Crippen LogP contribution in [-0.2, 0) is 6.54 Å². The van der Waals surface area contributed by atoms with E-state index in [1.54, 1.807) is 12.1 Å². The van der Waals surface area contributed by atoms with E-state index in [1.165, 1.54) is 16.7 Å². The molecule has 0 saturated heterocycles. The number of aryl methyl sites for hydroxylation is 2. The van der Waals surface area contributed by atoms with Crippen molar-refractivity contribution in [1.29, 1.82) is 0 Å². The Kier molecular flexibility index (Phi) is 3.22. The average molecular weight is 280 g/mol. The van der Waals surface area contributed by atoms with Gasteiger partial charge in [0.25, 0.3) is 11.8 Å². The molecule has 0 spiro atoms. The van der Waals surface area contributed by atoms with Crippen LogP contribution in [-0.4, -0.2) is 11.8 Å². The molecule has 21 heavy (non-hydrogen) atoms. The maximum atomic E-state index is 11.6. The second kappa shape index (κ2) is 5.05. The van der Waals surface area contributed by atoms with E-state index in [-0.39, 0.29) is 11.8 Å². The second-order valence-electron chi connectivity index (χ2n) is 5.33. The van der Waals surface area contributed by atoms with Gasteiger partial charge in [0.05, 0.1) is 11.1 Å². The number of carbonyl (C=O) groups excluding carboxylic acids is 2. The van der Waals surface area contributed by atoms with Gasteiger partial charge in [-0.2, -0.15) is 0 Å². The summed E-state index contributed by atoms with van der Waals surface area (Å²) in [5, 5.41) is 5.60. The van der Waals surface area contributed by atoms with Crippen molar-refractivity contribution in [3.63, 3.8) is 0 Å². The number of fused-ring (bicyclic) bond motifs is 1. The smallest absolute Gasteiger partial charge is 0.259 e. The summed E-state index contributed by atoms with van der Waals surface area (Å²) >= 11 is 0. The molecule has 4 heteroatoms. The van der Waals surface area contributed by atoms with Gasteiger partial charge in [-0.05, 0) is 43.2 Å². The zero-order valence-corrected chi connectivity index (χ0v) is 12.0.